The molecule has 2 aromatic carbocycles. The van der Waals surface area contributed by atoms with Crippen molar-refractivity contribution in [1.29, 1.82) is 0 Å². The van der Waals surface area contributed by atoms with Gasteiger partial charge in [0.25, 0.3) is 0 Å². The molecule has 0 bridgehead atoms. The Bertz CT molecular complexity index is 794. The zero-order valence-corrected chi connectivity index (χ0v) is 14.7. The molecule has 4 nitrogen and oxygen atoms in total. The van der Waals surface area contributed by atoms with E-state index in [1.165, 1.54) is 11.3 Å². The second-order valence-electron chi connectivity index (χ2n) is 4.58. The minimum absolute atomic E-state index is 0.733. The van der Waals surface area contributed by atoms with Crippen LogP contribution >= 0.6 is 34.7 Å². The molecule has 1 aromatic heterocycles. The van der Waals surface area contributed by atoms with Gasteiger partial charge in [-0.15, -0.1) is 10.2 Å². The van der Waals surface area contributed by atoms with Gasteiger partial charge in [0.2, 0.25) is 5.13 Å². The monoisotopic (exact) mass is 363 g/mol. The maximum absolute atomic E-state index is 6.16. The number of nitrogens with one attached hydrogen (secondary N) is 1. The Labute approximate surface area is 147 Å². The van der Waals surface area contributed by atoms with Gasteiger partial charge in [-0.1, -0.05) is 65.0 Å². The van der Waals surface area contributed by atoms with Crippen molar-refractivity contribution < 1.29 is 4.74 Å². The second-order valence-corrected chi connectivity index (χ2v) is 7.19. The van der Waals surface area contributed by atoms with Crippen molar-refractivity contribution >= 4 is 45.5 Å². The molecule has 3 aromatic rings. The summed E-state index contributed by atoms with van der Waals surface area (Å²) in [6.45, 7) is 0. The normalized spacial score (nSPS) is 10.5. The Kier molecular flexibility index (Phi) is 5.38. The molecule has 0 unspecified atom stereocenters. The van der Waals surface area contributed by atoms with Crippen molar-refractivity contribution in [3.8, 4) is 5.75 Å². The number of para-hydroxylation sites is 2. The number of hydrogen-bond acceptors (Lipinski definition) is 6. The van der Waals surface area contributed by atoms with E-state index in [2.05, 4.69) is 15.5 Å². The van der Waals surface area contributed by atoms with E-state index in [0.29, 0.717) is 0 Å². The van der Waals surface area contributed by atoms with Crippen molar-refractivity contribution in [3.05, 3.63) is 59.1 Å². The molecule has 0 spiro atoms. The molecule has 0 aliphatic carbocycles. The predicted molar refractivity (Wildman–Crippen MR) is 97.2 cm³/mol. The Morgan fingerprint density at radius 1 is 1.13 bits per heavy atom. The molecule has 23 heavy (non-hydrogen) atoms. The number of benzene rings is 2. The zero-order valence-electron chi connectivity index (χ0n) is 12.3. The van der Waals surface area contributed by atoms with E-state index >= 15 is 0 Å². The van der Waals surface area contributed by atoms with Gasteiger partial charge in [-0.3, -0.25) is 0 Å². The first kappa shape index (κ1) is 16.1. The van der Waals surface area contributed by atoms with E-state index in [0.717, 1.165) is 37.2 Å². The van der Waals surface area contributed by atoms with Crippen LogP contribution in [0.3, 0.4) is 0 Å². The van der Waals surface area contributed by atoms with Crippen LogP contribution in [0.4, 0.5) is 10.8 Å². The van der Waals surface area contributed by atoms with Crippen LogP contribution in [0.1, 0.15) is 5.56 Å². The summed E-state index contributed by atoms with van der Waals surface area (Å²) in [6, 6.07) is 15.5. The summed E-state index contributed by atoms with van der Waals surface area (Å²) >= 11 is 9.29. The number of nitrogens with zero attached hydrogens (tertiary/aromatic N) is 2. The highest BCUT2D eigenvalue weighted by atomic mass is 35.5. The predicted octanol–water partition coefficient (Wildman–Crippen LogP) is 5.24. The number of hydrogen-bond donors (Lipinski definition) is 1. The van der Waals surface area contributed by atoms with Crippen LogP contribution in [0, 0.1) is 0 Å². The molecule has 1 N–H and O–H groups in total. The van der Waals surface area contributed by atoms with Crippen molar-refractivity contribution in [2.75, 3.05) is 12.4 Å². The number of methoxy groups -OCH3 is 1. The summed E-state index contributed by atoms with van der Waals surface area (Å²) in [7, 11) is 1.64. The van der Waals surface area contributed by atoms with Crippen molar-refractivity contribution in [2.45, 2.75) is 10.1 Å². The third kappa shape index (κ3) is 4.16. The van der Waals surface area contributed by atoms with Crippen LogP contribution in [0.15, 0.2) is 52.9 Å². The van der Waals surface area contributed by atoms with Gasteiger partial charge >= 0.3 is 0 Å². The Hall–Kier alpha value is -1.76. The maximum atomic E-state index is 6.16. The number of anilines is 2. The van der Waals surface area contributed by atoms with Gasteiger partial charge in [0, 0.05) is 10.8 Å². The third-order valence-corrected chi connectivity index (χ3v) is 5.45. The topological polar surface area (TPSA) is 47.0 Å². The van der Waals surface area contributed by atoms with E-state index in [-0.39, 0.29) is 0 Å². The maximum Gasteiger partial charge on any atom is 0.210 e. The average molecular weight is 364 g/mol. The fraction of sp³-hybridized carbons (Fsp3) is 0.125. The van der Waals surface area contributed by atoms with E-state index in [4.69, 9.17) is 16.3 Å². The van der Waals surface area contributed by atoms with Gasteiger partial charge in [0.05, 0.1) is 12.8 Å². The highest BCUT2D eigenvalue weighted by Gasteiger charge is 2.09. The Morgan fingerprint density at radius 2 is 1.91 bits per heavy atom. The summed E-state index contributed by atoms with van der Waals surface area (Å²) in [5.74, 6) is 1.54. The number of thioether (sulfide) groups is 1. The fourth-order valence-electron chi connectivity index (χ4n) is 1.94. The van der Waals surface area contributed by atoms with E-state index in [1.807, 2.05) is 48.5 Å². The molecule has 0 saturated carbocycles. The van der Waals surface area contributed by atoms with Crippen LogP contribution in [-0.4, -0.2) is 17.3 Å². The van der Waals surface area contributed by atoms with E-state index < -0.39 is 0 Å². The van der Waals surface area contributed by atoms with E-state index in [9.17, 15) is 0 Å². The molecule has 1 heterocycles. The van der Waals surface area contributed by atoms with Crippen LogP contribution in [0.2, 0.25) is 5.02 Å². The Balaban J connectivity index is 1.65. The largest absolute Gasteiger partial charge is 0.495 e. The minimum Gasteiger partial charge on any atom is -0.495 e. The average Bonchev–Trinajstić information content (AvgIpc) is 3.02. The third-order valence-electron chi connectivity index (χ3n) is 3.06. The van der Waals surface area contributed by atoms with Gasteiger partial charge in [-0.25, -0.2) is 0 Å². The summed E-state index contributed by atoms with van der Waals surface area (Å²) in [5.41, 5.74) is 1.96. The lowest BCUT2D eigenvalue weighted by Gasteiger charge is -2.07. The molecule has 0 saturated heterocycles. The lowest BCUT2D eigenvalue weighted by atomic mass is 10.2. The molecule has 0 radical (unpaired) electrons. The number of rotatable bonds is 6. The van der Waals surface area contributed by atoms with Crippen LogP contribution in [0.5, 0.6) is 5.75 Å². The molecule has 0 fully saturated rings. The standard InChI is InChI=1S/C16H14ClN3OS2/c1-21-14-9-5-4-8-13(14)18-15-19-20-16(23-15)22-10-11-6-2-3-7-12(11)17/h2-9H,10H2,1H3,(H,18,19). The van der Waals surface area contributed by atoms with Crippen LogP contribution < -0.4 is 10.1 Å². The quantitative estimate of drug-likeness (QED) is 0.607. The molecule has 118 valence electrons. The van der Waals surface area contributed by atoms with Gasteiger partial charge in [0.15, 0.2) is 4.34 Å². The SMILES string of the molecule is COc1ccccc1Nc1nnc(SCc2ccccc2Cl)s1. The fourth-order valence-corrected chi connectivity index (χ4v) is 3.99. The van der Waals surface area contributed by atoms with Gasteiger partial charge in [-0.05, 0) is 23.8 Å². The highest BCUT2D eigenvalue weighted by molar-refractivity contribution is 8.00. The summed E-state index contributed by atoms with van der Waals surface area (Å²) in [6.07, 6.45) is 0. The van der Waals surface area contributed by atoms with Crippen LogP contribution in [0.25, 0.3) is 0 Å². The second kappa shape index (κ2) is 7.68. The summed E-state index contributed by atoms with van der Waals surface area (Å²) in [5, 5.41) is 13.1. The minimum atomic E-state index is 0.733. The first-order chi connectivity index (χ1) is 11.3. The van der Waals surface area contributed by atoms with Gasteiger partial charge in [-0.2, -0.15) is 0 Å². The zero-order chi connectivity index (χ0) is 16.1. The van der Waals surface area contributed by atoms with Gasteiger partial charge in [0.1, 0.15) is 5.75 Å². The van der Waals surface area contributed by atoms with Crippen LogP contribution in [-0.2, 0) is 5.75 Å². The van der Waals surface area contributed by atoms with Crippen molar-refractivity contribution in [2.24, 2.45) is 0 Å². The lowest BCUT2D eigenvalue weighted by Crippen LogP contribution is -1.93. The van der Waals surface area contributed by atoms with E-state index in [1.54, 1.807) is 18.9 Å². The van der Waals surface area contributed by atoms with Gasteiger partial charge < -0.3 is 10.1 Å². The molecular weight excluding hydrogens is 350 g/mol. The molecule has 7 heteroatoms. The highest BCUT2D eigenvalue weighted by Crippen LogP contribution is 2.33. The molecular formula is C16H14ClN3OS2. The number of ether oxygens (including phenoxy) is 1. The summed E-state index contributed by atoms with van der Waals surface area (Å²) in [4.78, 5) is 0. The first-order valence-electron chi connectivity index (χ1n) is 6.86. The molecule has 0 amide bonds. The lowest BCUT2D eigenvalue weighted by molar-refractivity contribution is 0.417. The Morgan fingerprint density at radius 3 is 2.74 bits per heavy atom. The number of aromatic nitrogens is 2. The number of halogens is 1. The smallest absolute Gasteiger partial charge is 0.210 e. The molecule has 0 aliphatic heterocycles. The molecule has 0 aliphatic rings. The molecule has 0 atom stereocenters. The van der Waals surface area contributed by atoms with Crippen molar-refractivity contribution in [1.82, 2.24) is 10.2 Å². The molecule has 3 rings (SSSR count). The van der Waals surface area contributed by atoms with Crippen molar-refractivity contribution in [3.63, 3.8) is 0 Å². The first-order valence-corrected chi connectivity index (χ1v) is 9.04. The summed E-state index contributed by atoms with van der Waals surface area (Å²) < 4.78 is 6.21.